The summed E-state index contributed by atoms with van der Waals surface area (Å²) in [5.74, 6) is -3.84. The van der Waals surface area contributed by atoms with Crippen molar-refractivity contribution in [3.8, 4) is 11.1 Å². The second kappa shape index (κ2) is 12.0. The number of carbonyl (C=O) groups excluding carboxylic acids is 1. The topological polar surface area (TPSA) is 90.7 Å². The highest BCUT2D eigenvalue weighted by Crippen LogP contribution is 2.42. The maximum absolute atomic E-state index is 15.7. The van der Waals surface area contributed by atoms with E-state index in [0.717, 1.165) is 5.56 Å². The molecule has 1 aromatic heterocycles. The van der Waals surface area contributed by atoms with Crippen LogP contribution in [0, 0.1) is 11.7 Å². The molecule has 2 aliphatic rings. The molecule has 2 amide bonds. The number of anilines is 1. The number of hydrogen-bond donors (Lipinski definition) is 2. The van der Waals surface area contributed by atoms with Crippen LogP contribution in [0.5, 0.6) is 0 Å². The Hall–Kier alpha value is -3.22. The first-order valence-electron chi connectivity index (χ1n) is 13.8. The van der Waals surface area contributed by atoms with E-state index in [9.17, 15) is 23.5 Å². The SMILES string of the molecule is CN1CC(n2cc(-c3cc4c(cc3F)SC[C@H](CC(C)(C)NC(=O)O)C(=O)N4Cc3ccc(Cl)cc3)cn2)CC(F)(F)C1. The van der Waals surface area contributed by atoms with Crippen LogP contribution in [0.25, 0.3) is 11.1 Å². The van der Waals surface area contributed by atoms with Crippen molar-refractivity contribution in [1.29, 1.82) is 0 Å². The fourth-order valence-corrected chi connectivity index (χ4v) is 7.15. The highest BCUT2D eigenvalue weighted by atomic mass is 35.5. The Labute approximate surface area is 257 Å². The third kappa shape index (κ3) is 7.30. The lowest BCUT2D eigenvalue weighted by atomic mass is 9.90. The van der Waals surface area contributed by atoms with Crippen LogP contribution < -0.4 is 10.2 Å². The number of piperidine rings is 1. The number of amides is 2. The van der Waals surface area contributed by atoms with Gasteiger partial charge < -0.3 is 15.3 Å². The summed E-state index contributed by atoms with van der Waals surface area (Å²) in [5.41, 5.74) is 1.03. The molecule has 230 valence electrons. The van der Waals surface area contributed by atoms with Gasteiger partial charge in [-0.25, -0.2) is 18.0 Å². The van der Waals surface area contributed by atoms with Crippen LogP contribution in [0.15, 0.2) is 53.7 Å². The van der Waals surface area contributed by atoms with Crippen LogP contribution in [0.2, 0.25) is 5.02 Å². The van der Waals surface area contributed by atoms with Crippen LogP contribution in [0.3, 0.4) is 0 Å². The molecule has 2 aliphatic heterocycles. The zero-order valence-corrected chi connectivity index (χ0v) is 25.6. The molecule has 0 spiro atoms. The molecule has 2 N–H and O–H groups in total. The summed E-state index contributed by atoms with van der Waals surface area (Å²) in [4.78, 5) is 29.2. The number of likely N-dealkylation sites (N-methyl/N-ethyl adjacent to an activating group) is 1. The lowest BCUT2D eigenvalue weighted by Crippen LogP contribution is -2.47. The standard InChI is InChI=1S/C30H33ClF3N5O3S/c1-29(2,36-28(41)42)10-19-16-43-26-9-24(32)23(8-25(26)38(27(19)40)13-18-4-6-21(31)7-5-18)20-12-35-39(14-20)22-11-30(33,34)17-37(3)15-22/h4-9,12,14,19,22,36H,10-11,13,15-17H2,1-3H3,(H,41,42)/t19-,22?/m0/s1. The van der Waals surface area contributed by atoms with Gasteiger partial charge in [0.25, 0.3) is 5.92 Å². The van der Waals surface area contributed by atoms with Gasteiger partial charge in [-0.15, -0.1) is 11.8 Å². The van der Waals surface area contributed by atoms with Crippen LogP contribution in [-0.4, -0.2) is 69.1 Å². The molecule has 0 radical (unpaired) electrons. The number of likely N-dealkylation sites (tertiary alicyclic amines) is 1. The molecule has 3 aromatic rings. The number of fused-ring (bicyclic) bond motifs is 1. The summed E-state index contributed by atoms with van der Waals surface area (Å²) in [6.45, 7) is 3.68. The number of alkyl halides is 2. The van der Waals surface area contributed by atoms with Gasteiger partial charge >= 0.3 is 6.09 Å². The number of thioether (sulfide) groups is 1. The predicted octanol–water partition coefficient (Wildman–Crippen LogP) is 6.55. The Morgan fingerprint density at radius 1 is 1.26 bits per heavy atom. The van der Waals surface area contributed by atoms with Crippen LogP contribution >= 0.6 is 23.4 Å². The van der Waals surface area contributed by atoms with Crippen molar-refractivity contribution in [2.24, 2.45) is 5.92 Å². The van der Waals surface area contributed by atoms with E-state index in [0.29, 0.717) is 33.5 Å². The van der Waals surface area contributed by atoms with Crippen LogP contribution in [-0.2, 0) is 11.3 Å². The largest absolute Gasteiger partial charge is 0.465 e. The number of carbonyl (C=O) groups is 2. The Balaban J connectivity index is 1.51. The van der Waals surface area contributed by atoms with Crippen molar-refractivity contribution in [2.45, 2.75) is 55.6 Å². The highest BCUT2D eigenvalue weighted by Gasteiger charge is 2.40. The van der Waals surface area contributed by atoms with Gasteiger partial charge in [-0.2, -0.15) is 5.10 Å². The van der Waals surface area contributed by atoms with Crippen molar-refractivity contribution >= 4 is 41.1 Å². The number of nitrogens with one attached hydrogen (secondary N) is 1. The van der Waals surface area contributed by atoms with Crippen molar-refractivity contribution < 1.29 is 27.9 Å². The van der Waals surface area contributed by atoms with Gasteiger partial charge in [0.2, 0.25) is 5.91 Å². The highest BCUT2D eigenvalue weighted by molar-refractivity contribution is 7.99. The molecule has 3 heterocycles. The number of benzene rings is 2. The summed E-state index contributed by atoms with van der Waals surface area (Å²) in [6.07, 6.45) is 1.72. The number of halogens is 4. The molecular formula is C30H33ClF3N5O3S. The van der Waals surface area contributed by atoms with Gasteiger partial charge in [0.1, 0.15) is 5.82 Å². The lowest BCUT2D eigenvalue weighted by Gasteiger charge is -2.35. The Morgan fingerprint density at radius 2 is 1.98 bits per heavy atom. The molecule has 2 atom stereocenters. The first-order chi connectivity index (χ1) is 20.2. The molecular weight excluding hydrogens is 603 g/mol. The Morgan fingerprint density at radius 3 is 2.65 bits per heavy atom. The molecule has 2 aromatic carbocycles. The van der Waals surface area contributed by atoms with E-state index in [1.54, 1.807) is 55.1 Å². The van der Waals surface area contributed by atoms with Crippen LogP contribution in [0.4, 0.5) is 23.7 Å². The average Bonchev–Trinajstić information content (AvgIpc) is 3.35. The fourth-order valence-electron chi connectivity index (χ4n) is 5.88. The third-order valence-corrected chi connectivity index (χ3v) is 9.15. The molecule has 0 saturated carbocycles. The summed E-state index contributed by atoms with van der Waals surface area (Å²) >= 11 is 7.42. The van der Waals surface area contributed by atoms with E-state index in [1.165, 1.54) is 28.7 Å². The maximum atomic E-state index is 15.7. The van der Waals surface area contributed by atoms with E-state index >= 15 is 4.39 Å². The monoisotopic (exact) mass is 635 g/mol. The smallest absolute Gasteiger partial charge is 0.405 e. The second-order valence-electron chi connectivity index (χ2n) is 12.0. The molecule has 0 bridgehead atoms. The van der Waals surface area contributed by atoms with Crippen molar-refractivity contribution in [2.75, 3.05) is 30.8 Å². The van der Waals surface area contributed by atoms with Crippen molar-refractivity contribution in [3.05, 3.63) is 65.2 Å². The van der Waals surface area contributed by atoms with E-state index in [-0.39, 0.29) is 37.4 Å². The van der Waals surface area contributed by atoms with Gasteiger partial charge in [0.05, 0.1) is 36.9 Å². The molecule has 5 rings (SSSR count). The molecule has 0 aliphatic carbocycles. The number of aromatic nitrogens is 2. The van der Waals surface area contributed by atoms with Crippen molar-refractivity contribution in [3.63, 3.8) is 0 Å². The molecule has 1 fully saturated rings. The summed E-state index contributed by atoms with van der Waals surface area (Å²) in [6, 6.07) is 9.49. The van der Waals surface area contributed by atoms with Gasteiger partial charge in [0, 0.05) is 51.5 Å². The average molecular weight is 636 g/mol. The minimum Gasteiger partial charge on any atom is -0.465 e. The van der Waals surface area contributed by atoms with Gasteiger partial charge in [-0.1, -0.05) is 23.7 Å². The zero-order chi connectivity index (χ0) is 31.1. The molecule has 1 saturated heterocycles. The van der Waals surface area contributed by atoms with Gasteiger partial charge in [-0.3, -0.25) is 14.4 Å². The lowest BCUT2D eigenvalue weighted by molar-refractivity contribution is -0.122. The molecule has 43 heavy (non-hydrogen) atoms. The van der Waals surface area contributed by atoms with E-state index in [4.69, 9.17) is 11.6 Å². The molecule has 8 nitrogen and oxygen atoms in total. The number of nitrogens with zero attached hydrogens (tertiary/aromatic N) is 4. The minimum atomic E-state index is -2.86. The van der Waals surface area contributed by atoms with E-state index in [1.807, 2.05) is 12.1 Å². The summed E-state index contributed by atoms with van der Waals surface area (Å²) in [5, 5.41) is 16.6. The number of carboxylic acid groups (broad SMARTS) is 1. The third-order valence-electron chi connectivity index (χ3n) is 7.70. The van der Waals surface area contributed by atoms with Gasteiger partial charge in [0.15, 0.2) is 0 Å². The van der Waals surface area contributed by atoms with Gasteiger partial charge in [-0.05, 0) is 57.1 Å². The predicted molar refractivity (Wildman–Crippen MR) is 160 cm³/mol. The Bertz CT molecular complexity index is 1520. The summed E-state index contributed by atoms with van der Waals surface area (Å²) < 4.78 is 45.7. The van der Waals surface area contributed by atoms with E-state index < -0.39 is 35.3 Å². The fraction of sp³-hybridized carbons (Fsp3) is 0.433. The maximum Gasteiger partial charge on any atom is 0.405 e. The molecule has 13 heteroatoms. The Kier molecular flexibility index (Phi) is 8.75. The van der Waals surface area contributed by atoms with E-state index in [2.05, 4.69) is 10.4 Å². The first-order valence-corrected chi connectivity index (χ1v) is 15.2. The normalized spacial score (nSPS) is 20.9. The second-order valence-corrected chi connectivity index (χ2v) is 13.5. The summed E-state index contributed by atoms with van der Waals surface area (Å²) in [7, 11) is 1.63. The first kappa shape index (κ1) is 31.2. The minimum absolute atomic E-state index is 0.181. The van der Waals surface area contributed by atoms with Crippen molar-refractivity contribution in [1.82, 2.24) is 20.0 Å². The quantitative estimate of drug-likeness (QED) is 0.306. The molecule has 1 unspecified atom stereocenters. The number of hydrogen-bond acceptors (Lipinski definition) is 5. The number of rotatable bonds is 7. The zero-order valence-electron chi connectivity index (χ0n) is 24.0. The van der Waals surface area contributed by atoms with Crippen LogP contribution in [0.1, 0.15) is 38.3 Å².